The molecule has 3 nitrogen and oxygen atoms in total. The number of rotatable bonds is 15. The van der Waals surface area contributed by atoms with E-state index in [0.29, 0.717) is 0 Å². The molecule has 0 fully saturated rings. The van der Waals surface area contributed by atoms with E-state index in [1.165, 1.54) is 192 Å². The Hall–Kier alpha value is -17.1. The number of benzene rings is 24. The minimum Gasteiger partial charge on any atom is -0.310 e. The first-order chi connectivity index (χ1) is 68.4. The maximum absolute atomic E-state index is 2.40. The van der Waals surface area contributed by atoms with E-state index in [2.05, 4.69) is 542 Å². The number of para-hydroxylation sites is 1. The number of hydrogen-bond acceptors (Lipinski definition) is 6. The van der Waals surface area contributed by atoms with Gasteiger partial charge in [0.15, 0.2) is 0 Å². The van der Waals surface area contributed by atoms with E-state index in [1.807, 2.05) is 34.0 Å². The summed E-state index contributed by atoms with van der Waals surface area (Å²) in [5.74, 6) is 0. The van der Waals surface area contributed by atoms with Crippen LogP contribution in [0.15, 0.2) is 528 Å². The van der Waals surface area contributed by atoms with Crippen molar-refractivity contribution < 1.29 is 0 Å². The van der Waals surface area contributed by atoms with Crippen molar-refractivity contribution in [1.82, 2.24) is 0 Å². The fourth-order valence-corrected chi connectivity index (χ4v) is 24.2. The van der Waals surface area contributed by atoms with Gasteiger partial charge in [-0.25, -0.2) is 0 Å². The summed E-state index contributed by atoms with van der Waals surface area (Å²) in [6, 6.07) is 192. The Bertz CT molecular complexity index is 9270. The van der Waals surface area contributed by atoms with Crippen LogP contribution in [0.2, 0.25) is 0 Å². The lowest BCUT2D eigenvalue weighted by molar-refractivity contribution is 1.29. The van der Waals surface area contributed by atoms with Gasteiger partial charge in [0.05, 0.1) is 5.69 Å². The second-order valence-electron chi connectivity index (χ2n) is 35.3. The van der Waals surface area contributed by atoms with E-state index in [1.54, 1.807) is 0 Å². The molecule has 0 aliphatic heterocycles. The van der Waals surface area contributed by atoms with Gasteiger partial charge in [0.2, 0.25) is 0 Å². The summed E-state index contributed by atoms with van der Waals surface area (Å²) in [4.78, 5) is 7.15. The van der Waals surface area contributed by atoms with Gasteiger partial charge < -0.3 is 14.7 Å². The van der Waals surface area contributed by atoms with Crippen molar-refractivity contribution in [3.63, 3.8) is 0 Å². The third-order valence-electron chi connectivity index (χ3n) is 27.2. The summed E-state index contributed by atoms with van der Waals surface area (Å²) in [6.45, 7) is 0. The second-order valence-corrected chi connectivity index (χ2v) is 38.4. The number of fused-ring (bicyclic) bond motifs is 18. The van der Waals surface area contributed by atoms with E-state index >= 15 is 0 Å². The normalized spacial score (nSPS) is 11.5. The molecule has 0 spiro atoms. The largest absolute Gasteiger partial charge is 0.310 e. The smallest absolute Gasteiger partial charge is 0.0540 e. The summed E-state index contributed by atoms with van der Waals surface area (Å²) in [5, 5.41) is 23.1. The maximum atomic E-state index is 2.40. The molecule has 3 heterocycles. The van der Waals surface area contributed by atoms with Crippen LogP contribution in [0.1, 0.15) is 0 Å². The van der Waals surface area contributed by atoms with Crippen molar-refractivity contribution in [1.29, 1.82) is 0 Å². The van der Waals surface area contributed by atoms with Gasteiger partial charge in [-0.2, -0.15) is 0 Å². The fraction of sp³-hybridized carbons (Fsp3) is 0. The van der Waals surface area contributed by atoms with Crippen LogP contribution in [0.3, 0.4) is 0 Å². The van der Waals surface area contributed by atoms with E-state index < -0.39 is 0 Å². The average Bonchev–Trinajstić information content (AvgIpc) is 1.69. The van der Waals surface area contributed by atoms with Crippen LogP contribution in [0.5, 0.6) is 0 Å². The lowest BCUT2D eigenvalue weighted by atomic mass is 9.99. The molecule has 648 valence electrons. The van der Waals surface area contributed by atoms with Gasteiger partial charge in [-0.05, 0) is 247 Å². The molecule has 0 aliphatic carbocycles. The molecule has 0 amide bonds. The van der Waals surface area contributed by atoms with Crippen molar-refractivity contribution in [2.75, 3.05) is 14.7 Å². The monoisotopic (exact) mass is 1810 g/mol. The standard InChI is InChI=1S/3C44H29NS/c1-2-11-30(12-3-1)38-15-6-8-19-42(38)45(35-27-28-37-33(29-35)22-21-31-13-4-5-14-36(31)37)34-25-23-32(24-26-34)39-17-10-18-41-40-16-7-9-20-43(40)46-44(39)41;1-2-10-30(11-3-1)33-13-8-14-36(28-33)45(37-26-27-39-34(29-37)21-20-31-12-4-5-15-38(31)39)35-24-22-32(23-25-35)40-17-9-18-42-41-16-6-7-19-43(41)46-44(40)42;1-2-9-30(10-3-1)31-19-23-35(24-20-31)45(37-27-28-39-34(29-37)18-17-32-11-4-5-12-38(32)39)36-25-21-33(22-26-36)40-14-8-15-42-41-13-6-7-16-43(41)46-44(40)42/h3*1-29H. The molecule has 6 heteroatoms. The first-order valence-electron chi connectivity index (χ1n) is 47.0. The van der Waals surface area contributed by atoms with Gasteiger partial charge in [-0.3, -0.25) is 0 Å². The molecule has 0 radical (unpaired) electrons. The minimum atomic E-state index is 1.12. The Morgan fingerprint density at radius 1 is 0.123 bits per heavy atom. The molecular weight excluding hydrogens is 1720 g/mol. The molecule has 24 aromatic carbocycles. The number of anilines is 9. The number of hydrogen-bond donors (Lipinski definition) is 0. The predicted molar refractivity (Wildman–Crippen MR) is 600 cm³/mol. The first-order valence-corrected chi connectivity index (χ1v) is 49.5. The molecule has 0 N–H and O–H groups in total. The van der Waals surface area contributed by atoms with E-state index in [-0.39, 0.29) is 0 Å². The Labute approximate surface area is 813 Å². The zero-order valence-electron chi connectivity index (χ0n) is 75.3. The van der Waals surface area contributed by atoms with Crippen molar-refractivity contribution in [2.24, 2.45) is 0 Å². The van der Waals surface area contributed by atoms with Gasteiger partial charge in [0.25, 0.3) is 0 Å². The highest BCUT2D eigenvalue weighted by Crippen LogP contribution is 2.50. The molecule has 0 atom stereocenters. The second kappa shape index (κ2) is 36.0. The van der Waals surface area contributed by atoms with Gasteiger partial charge >= 0.3 is 0 Å². The van der Waals surface area contributed by atoms with E-state index in [9.17, 15) is 0 Å². The highest BCUT2D eigenvalue weighted by molar-refractivity contribution is 7.27. The molecular formula is C132H87N3S3. The Morgan fingerprint density at radius 2 is 0.370 bits per heavy atom. The third-order valence-corrected chi connectivity index (χ3v) is 30.8. The molecule has 27 aromatic rings. The molecule has 0 unspecified atom stereocenters. The van der Waals surface area contributed by atoms with Crippen LogP contribution in [0, 0.1) is 0 Å². The van der Waals surface area contributed by atoms with Gasteiger partial charge in [0, 0.05) is 112 Å². The summed E-state index contributed by atoms with van der Waals surface area (Å²) < 4.78 is 8.00. The highest BCUT2D eigenvalue weighted by Gasteiger charge is 2.24. The average molecular weight is 1810 g/mol. The Kier molecular flexibility index (Phi) is 21.6. The number of nitrogens with zero attached hydrogens (tertiary/aromatic N) is 3. The Morgan fingerprint density at radius 3 is 0.775 bits per heavy atom. The summed E-state index contributed by atoms with van der Waals surface area (Å²) in [7, 11) is 0. The summed E-state index contributed by atoms with van der Waals surface area (Å²) in [6.07, 6.45) is 0. The van der Waals surface area contributed by atoms with Crippen LogP contribution >= 0.6 is 34.0 Å². The van der Waals surface area contributed by atoms with Crippen LogP contribution in [0.25, 0.3) is 192 Å². The minimum absolute atomic E-state index is 1.12. The highest BCUT2D eigenvalue weighted by atomic mass is 32.1. The zero-order valence-corrected chi connectivity index (χ0v) is 77.7. The molecule has 138 heavy (non-hydrogen) atoms. The van der Waals surface area contributed by atoms with Crippen LogP contribution < -0.4 is 14.7 Å². The SMILES string of the molecule is c1ccc(-c2ccc(N(c3ccc(-c4cccc5c4sc4ccccc45)cc3)c3ccc4c(ccc5ccccc54)c3)cc2)cc1.c1ccc(-c2cccc(N(c3ccc(-c4cccc5c4sc4ccccc45)cc3)c3ccc4c(ccc5ccccc54)c3)c2)cc1.c1ccc(-c2ccccc2N(c2ccc(-c3cccc4c3sc3ccccc34)cc2)c2ccc3c(ccc4ccccc43)c2)cc1. The Balaban J connectivity index is 0.000000110. The lowest BCUT2D eigenvalue weighted by Gasteiger charge is -2.28. The van der Waals surface area contributed by atoms with E-state index in [0.717, 1.165) is 51.2 Å². The van der Waals surface area contributed by atoms with Crippen molar-refractivity contribution in [3.05, 3.63) is 528 Å². The van der Waals surface area contributed by atoms with Crippen LogP contribution in [-0.4, -0.2) is 0 Å². The predicted octanol–water partition coefficient (Wildman–Crippen LogP) is 39.5. The third kappa shape index (κ3) is 15.6. The molecule has 0 saturated carbocycles. The van der Waals surface area contributed by atoms with Gasteiger partial charge in [-0.1, -0.05) is 406 Å². The van der Waals surface area contributed by atoms with Crippen LogP contribution in [-0.2, 0) is 0 Å². The quantitative estimate of drug-likeness (QED) is 0.0947. The molecule has 0 aliphatic rings. The van der Waals surface area contributed by atoms with Gasteiger partial charge in [0.1, 0.15) is 0 Å². The summed E-state index contributed by atoms with van der Waals surface area (Å²) in [5.41, 5.74) is 24.9. The van der Waals surface area contributed by atoms with Gasteiger partial charge in [-0.15, -0.1) is 34.0 Å². The van der Waals surface area contributed by atoms with Crippen molar-refractivity contribution in [2.45, 2.75) is 0 Å². The summed E-state index contributed by atoms with van der Waals surface area (Å²) >= 11 is 5.63. The fourth-order valence-electron chi connectivity index (χ4n) is 20.5. The maximum Gasteiger partial charge on any atom is 0.0540 e. The van der Waals surface area contributed by atoms with Crippen molar-refractivity contribution >= 4 is 210 Å². The zero-order chi connectivity index (χ0) is 91.4. The first kappa shape index (κ1) is 82.8. The molecule has 0 saturated heterocycles. The van der Waals surface area contributed by atoms with Crippen LogP contribution in [0.4, 0.5) is 51.2 Å². The molecule has 0 bridgehead atoms. The molecule has 27 rings (SSSR count). The lowest BCUT2D eigenvalue weighted by Crippen LogP contribution is -2.11. The topological polar surface area (TPSA) is 9.72 Å². The number of thiophene rings is 3. The van der Waals surface area contributed by atoms with Crippen molar-refractivity contribution in [3.8, 4) is 66.8 Å². The molecule has 3 aromatic heterocycles. The van der Waals surface area contributed by atoms with E-state index in [4.69, 9.17) is 0 Å².